The summed E-state index contributed by atoms with van der Waals surface area (Å²) >= 11 is 0. The van der Waals surface area contributed by atoms with Crippen LogP contribution in [0.1, 0.15) is 51.4 Å². The van der Waals surface area contributed by atoms with Gasteiger partial charge in [-0.3, -0.25) is 10.1 Å². The summed E-state index contributed by atoms with van der Waals surface area (Å²) in [5, 5.41) is 16.4. The van der Waals surface area contributed by atoms with Gasteiger partial charge in [0, 0.05) is 6.04 Å². The summed E-state index contributed by atoms with van der Waals surface area (Å²) < 4.78 is 0. The number of carboxylic acids is 1. The van der Waals surface area contributed by atoms with E-state index in [2.05, 4.69) is 10.6 Å². The van der Waals surface area contributed by atoms with E-state index in [1.165, 1.54) is 12.8 Å². The smallest absolute Gasteiger partial charge is 0.323 e. The third-order valence-electron chi connectivity index (χ3n) is 4.19. The number of hydrogen-bond acceptors (Lipinski definition) is 3. The highest BCUT2D eigenvalue weighted by atomic mass is 16.4. The van der Waals surface area contributed by atoms with Crippen molar-refractivity contribution in [3.63, 3.8) is 0 Å². The molecule has 2 fully saturated rings. The molecule has 17 heavy (non-hydrogen) atoms. The molecular formula is C13H24N2O2. The molecule has 3 N–H and O–H groups in total. The Morgan fingerprint density at radius 1 is 1.12 bits per heavy atom. The van der Waals surface area contributed by atoms with Gasteiger partial charge in [-0.2, -0.15) is 0 Å². The maximum atomic E-state index is 11.6. The molecule has 1 heterocycles. The summed E-state index contributed by atoms with van der Waals surface area (Å²) in [5.74, 6) is -0.641. The average molecular weight is 240 g/mol. The number of nitrogens with one attached hydrogen (secondary N) is 2. The second kappa shape index (κ2) is 5.83. The highest BCUT2D eigenvalue weighted by Crippen LogP contribution is 2.28. The minimum absolute atomic E-state index is 0.380. The predicted molar refractivity (Wildman–Crippen MR) is 67.1 cm³/mol. The number of rotatable bonds is 3. The highest BCUT2D eigenvalue weighted by Gasteiger charge is 2.40. The maximum absolute atomic E-state index is 11.6. The number of aliphatic carboxylic acids is 1. The molecule has 0 radical (unpaired) electrons. The molecule has 0 atom stereocenters. The lowest BCUT2D eigenvalue weighted by Gasteiger charge is -2.36. The van der Waals surface area contributed by atoms with Gasteiger partial charge in [-0.05, 0) is 38.8 Å². The van der Waals surface area contributed by atoms with E-state index in [-0.39, 0.29) is 0 Å². The molecule has 0 bridgehead atoms. The van der Waals surface area contributed by atoms with Gasteiger partial charge in [-0.15, -0.1) is 0 Å². The Morgan fingerprint density at radius 2 is 1.71 bits per heavy atom. The minimum Gasteiger partial charge on any atom is -0.480 e. The maximum Gasteiger partial charge on any atom is 0.323 e. The number of piperidine rings is 1. The molecule has 0 aromatic rings. The monoisotopic (exact) mass is 240 g/mol. The summed E-state index contributed by atoms with van der Waals surface area (Å²) in [7, 11) is 0. The van der Waals surface area contributed by atoms with Crippen molar-refractivity contribution in [1.82, 2.24) is 10.6 Å². The van der Waals surface area contributed by atoms with Gasteiger partial charge in [0.1, 0.15) is 5.54 Å². The Labute approximate surface area is 103 Å². The molecule has 4 nitrogen and oxygen atoms in total. The van der Waals surface area contributed by atoms with E-state index in [4.69, 9.17) is 0 Å². The zero-order chi connectivity index (χ0) is 12.1. The fraction of sp³-hybridized carbons (Fsp3) is 0.923. The Balaban J connectivity index is 2.01. The first-order valence-corrected chi connectivity index (χ1v) is 6.95. The molecule has 1 aliphatic heterocycles. The SMILES string of the molecule is O=C(O)C1(NC2CCNCC2)CCCCCC1. The van der Waals surface area contributed by atoms with Gasteiger partial charge < -0.3 is 10.4 Å². The molecule has 1 saturated heterocycles. The molecule has 98 valence electrons. The van der Waals surface area contributed by atoms with Crippen molar-refractivity contribution in [3.05, 3.63) is 0 Å². The van der Waals surface area contributed by atoms with Gasteiger partial charge >= 0.3 is 5.97 Å². The second-order valence-electron chi connectivity index (χ2n) is 5.47. The van der Waals surface area contributed by atoms with Crippen LogP contribution in [0.5, 0.6) is 0 Å². The van der Waals surface area contributed by atoms with Crippen LogP contribution in [0, 0.1) is 0 Å². The third-order valence-corrected chi connectivity index (χ3v) is 4.19. The highest BCUT2D eigenvalue weighted by molar-refractivity contribution is 5.78. The Bertz CT molecular complexity index is 254. The third kappa shape index (κ3) is 3.19. The predicted octanol–water partition coefficient (Wildman–Crippen LogP) is 1.51. The van der Waals surface area contributed by atoms with Gasteiger partial charge in [-0.25, -0.2) is 0 Å². The Kier molecular flexibility index (Phi) is 4.40. The van der Waals surface area contributed by atoms with Gasteiger partial charge in [0.05, 0.1) is 0 Å². The molecule has 0 amide bonds. The van der Waals surface area contributed by atoms with Crippen LogP contribution in [0.4, 0.5) is 0 Å². The van der Waals surface area contributed by atoms with Gasteiger partial charge in [0.15, 0.2) is 0 Å². The van der Waals surface area contributed by atoms with Crippen LogP contribution >= 0.6 is 0 Å². The topological polar surface area (TPSA) is 61.4 Å². The molecule has 1 aliphatic carbocycles. The van der Waals surface area contributed by atoms with Crippen molar-refractivity contribution >= 4 is 5.97 Å². The Hall–Kier alpha value is -0.610. The molecule has 0 unspecified atom stereocenters. The van der Waals surface area contributed by atoms with Crippen molar-refractivity contribution in [2.75, 3.05) is 13.1 Å². The minimum atomic E-state index is -0.641. The fourth-order valence-electron chi connectivity index (χ4n) is 3.11. The van der Waals surface area contributed by atoms with Crippen molar-refractivity contribution in [1.29, 1.82) is 0 Å². The lowest BCUT2D eigenvalue weighted by Crippen LogP contribution is -2.57. The number of carboxylic acid groups (broad SMARTS) is 1. The van der Waals surface area contributed by atoms with Crippen LogP contribution in [0.15, 0.2) is 0 Å². The van der Waals surface area contributed by atoms with E-state index in [0.717, 1.165) is 51.6 Å². The molecule has 4 heteroatoms. The lowest BCUT2D eigenvalue weighted by molar-refractivity contribution is -0.146. The molecule has 1 saturated carbocycles. The van der Waals surface area contributed by atoms with Crippen LogP contribution in [-0.2, 0) is 4.79 Å². The van der Waals surface area contributed by atoms with Crippen LogP contribution < -0.4 is 10.6 Å². The molecule has 2 aliphatic rings. The van der Waals surface area contributed by atoms with Crippen LogP contribution in [-0.4, -0.2) is 35.7 Å². The van der Waals surface area contributed by atoms with E-state index >= 15 is 0 Å². The zero-order valence-electron chi connectivity index (χ0n) is 10.5. The zero-order valence-corrected chi connectivity index (χ0v) is 10.5. The molecule has 0 aromatic carbocycles. The van der Waals surface area contributed by atoms with Crippen molar-refractivity contribution in [2.24, 2.45) is 0 Å². The first kappa shape index (κ1) is 12.8. The van der Waals surface area contributed by atoms with E-state index in [0.29, 0.717) is 6.04 Å². The summed E-state index contributed by atoms with van der Waals surface area (Å²) in [5.41, 5.74) is -0.640. The standard InChI is InChI=1S/C13H24N2O2/c16-12(17)13(7-3-1-2-4-8-13)15-11-5-9-14-10-6-11/h11,14-15H,1-10H2,(H,16,17). The van der Waals surface area contributed by atoms with Crippen molar-refractivity contribution in [2.45, 2.75) is 62.9 Å². The van der Waals surface area contributed by atoms with Crippen LogP contribution in [0.3, 0.4) is 0 Å². The van der Waals surface area contributed by atoms with E-state index in [1.807, 2.05) is 0 Å². The van der Waals surface area contributed by atoms with Crippen LogP contribution in [0.2, 0.25) is 0 Å². The number of carbonyl (C=O) groups is 1. The summed E-state index contributed by atoms with van der Waals surface area (Å²) in [6.45, 7) is 2.01. The quantitative estimate of drug-likeness (QED) is 0.654. The number of hydrogen-bond donors (Lipinski definition) is 3. The largest absolute Gasteiger partial charge is 0.480 e. The normalized spacial score (nSPS) is 26.4. The molecule has 2 rings (SSSR count). The van der Waals surface area contributed by atoms with Gasteiger partial charge in [0.25, 0.3) is 0 Å². The lowest BCUT2D eigenvalue weighted by atomic mass is 9.88. The van der Waals surface area contributed by atoms with Crippen LogP contribution in [0.25, 0.3) is 0 Å². The van der Waals surface area contributed by atoms with Gasteiger partial charge in [0.2, 0.25) is 0 Å². The first-order valence-electron chi connectivity index (χ1n) is 6.95. The average Bonchev–Trinajstić information content (AvgIpc) is 2.57. The summed E-state index contributed by atoms with van der Waals surface area (Å²) in [4.78, 5) is 11.6. The molecular weight excluding hydrogens is 216 g/mol. The van der Waals surface area contributed by atoms with E-state index in [1.54, 1.807) is 0 Å². The first-order chi connectivity index (χ1) is 8.23. The Morgan fingerprint density at radius 3 is 2.24 bits per heavy atom. The molecule has 0 aromatic heterocycles. The van der Waals surface area contributed by atoms with Crippen molar-refractivity contribution in [3.8, 4) is 0 Å². The molecule has 0 spiro atoms. The fourth-order valence-corrected chi connectivity index (χ4v) is 3.11. The second-order valence-corrected chi connectivity index (χ2v) is 5.47. The summed E-state index contributed by atoms with van der Waals surface area (Å²) in [6.07, 6.45) is 8.16. The van der Waals surface area contributed by atoms with Crippen molar-refractivity contribution < 1.29 is 9.90 Å². The van der Waals surface area contributed by atoms with E-state index in [9.17, 15) is 9.90 Å². The van der Waals surface area contributed by atoms with E-state index < -0.39 is 11.5 Å². The van der Waals surface area contributed by atoms with Gasteiger partial charge in [-0.1, -0.05) is 25.7 Å². The summed E-state index contributed by atoms with van der Waals surface area (Å²) in [6, 6.07) is 0.380.